The highest BCUT2D eigenvalue weighted by Crippen LogP contribution is 2.28. The standard InChI is InChI=1S/C18H19F2N3O3S.ClH/c19-15-5-4-11(9-16(15)20)14-6-7-22-10-17(14)23-27(25,26)13-3-1-2-12(8-13)18(21)24;/h1-5,8-9,14,17,22-23H,6-7,10H2,(H2,21,24);1H. The van der Waals surface area contributed by atoms with Gasteiger partial charge in [0.2, 0.25) is 15.9 Å². The van der Waals surface area contributed by atoms with Crippen LogP contribution in [0.5, 0.6) is 0 Å². The van der Waals surface area contributed by atoms with E-state index >= 15 is 0 Å². The molecule has 0 spiro atoms. The summed E-state index contributed by atoms with van der Waals surface area (Å²) in [6.45, 7) is 0.956. The van der Waals surface area contributed by atoms with Crippen molar-refractivity contribution >= 4 is 28.3 Å². The molecule has 2 atom stereocenters. The number of benzene rings is 2. The van der Waals surface area contributed by atoms with Crippen LogP contribution in [0, 0.1) is 11.6 Å². The molecule has 10 heteroatoms. The molecule has 0 saturated carbocycles. The lowest BCUT2D eigenvalue weighted by Gasteiger charge is -2.33. The number of halogens is 3. The van der Waals surface area contributed by atoms with Crippen molar-refractivity contribution < 1.29 is 22.0 Å². The van der Waals surface area contributed by atoms with E-state index in [-0.39, 0.29) is 28.8 Å². The van der Waals surface area contributed by atoms with Gasteiger partial charge in [0, 0.05) is 24.1 Å². The van der Waals surface area contributed by atoms with Gasteiger partial charge in [-0.3, -0.25) is 4.79 Å². The summed E-state index contributed by atoms with van der Waals surface area (Å²) in [7, 11) is -3.94. The van der Waals surface area contributed by atoms with Gasteiger partial charge in [0.1, 0.15) is 0 Å². The van der Waals surface area contributed by atoms with E-state index in [1.165, 1.54) is 30.3 Å². The van der Waals surface area contributed by atoms with Crippen LogP contribution in [0.1, 0.15) is 28.3 Å². The summed E-state index contributed by atoms with van der Waals surface area (Å²) in [6, 6.07) is 8.45. The minimum atomic E-state index is -3.94. The van der Waals surface area contributed by atoms with E-state index in [0.29, 0.717) is 25.1 Å². The molecule has 6 nitrogen and oxygen atoms in total. The highest BCUT2D eigenvalue weighted by atomic mass is 35.5. The van der Waals surface area contributed by atoms with Crippen molar-refractivity contribution in [2.24, 2.45) is 5.73 Å². The lowest BCUT2D eigenvalue weighted by atomic mass is 9.86. The summed E-state index contributed by atoms with van der Waals surface area (Å²) in [4.78, 5) is 11.2. The molecule has 1 aliphatic rings. The Morgan fingerprint density at radius 2 is 1.89 bits per heavy atom. The molecule has 1 heterocycles. The average molecular weight is 432 g/mol. The number of piperidine rings is 1. The minimum absolute atomic E-state index is 0. The first-order valence-electron chi connectivity index (χ1n) is 8.36. The summed E-state index contributed by atoms with van der Waals surface area (Å²) in [5.74, 6) is -2.98. The van der Waals surface area contributed by atoms with E-state index in [1.54, 1.807) is 0 Å². The number of nitrogens with two attached hydrogens (primary N) is 1. The Labute approximate surface area is 168 Å². The number of rotatable bonds is 5. The molecule has 1 saturated heterocycles. The third-order valence-corrected chi connectivity index (χ3v) is 6.08. The van der Waals surface area contributed by atoms with Crippen molar-refractivity contribution in [3.8, 4) is 0 Å². The maximum Gasteiger partial charge on any atom is 0.248 e. The van der Waals surface area contributed by atoms with Crippen LogP contribution in [0.2, 0.25) is 0 Å². The second-order valence-corrected chi connectivity index (χ2v) is 8.11. The number of primary amides is 1. The van der Waals surface area contributed by atoms with Gasteiger partial charge in [0.15, 0.2) is 11.6 Å². The van der Waals surface area contributed by atoms with Crippen molar-refractivity contribution in [1.82, 2.24) is 10.0 Å². The number of hydrogen-bond donors (Lipinski definition) is 3. The second kappa shape index (κ2) is 8.95. The van der Waals surface area contributed by atoms with Gasteiger partial charge in [-0.2, -0.15) is 0 Å². The Morgan fingerprint density at radius 1 is 1.14 bits per heavy atom. The fourth-order valence-electron chi connectivity index (χ4n) is 3.21. The van der Waals surface area contributed by atoms with Crippen LogP contribution in [0.4, 0.5) is 8.78 Å². The lowest BCUT2D eigenvalue weighted by molar-refractivity contribution is 0.1000. The van der Waals surface area contributed by atoms with Crippen LogP contribution in [-0.4, -0.2) is 33.5 Å². The summed E-state index contributed by atoms with van der Waals surface area (Å²) < 4.78 is 54.9. The quantitative estimate of drug-likeness (QED) is 0.673. The van der Waals surface area contributed by atoms with Crippen LogP contribution in [0.15, 0.2) is 47.4 Å². The number of nitrogens with one attached hydrogen (secondary N) is 2. The zero-order valence-corrected chi connectivity index (χ0v) is 16.3. The van der Waals surface area contributed by atoms with E-state index in [9.17, 15) is 22.0 Å². The van der Waals surface area contributed by atoms with Gasteiger partial charge >= 0.3 is 0 Å². The highest BCUT2D eigenvalue weighted by molar-refractivity contribution is 7.89. The molecule has 1 amide bonds. The normalized spacial score (nSPS) is 19.6. The van der Waals surface area contributed by atoms with Gasteiger partial charge in [-0.25, -0.2) is 21.9 Å². The topological polar surface area (TPSA) is 101 Å². The van der Waals surface area contributed by atoms with Gasteiger partial charge in [-0.05, 0) is 48.9 Å². The van der Waals surface area contributed by atoms with Crippen LogP contribution >= 0.6 is 12.4 Å². The van der Waals surface area contributed by atoms with Crippen LogP contribution in [0.25, 0.3) is 0 Å². The molecule has 1 fully saturated rings. The third kappa shape index (κ3) is 4.85. The largest absolute Gasteiger partial charge is 0.366 e. The van der Waals surface area contributed by atoms with Gasteiger partial charge < -0.3 is 11.1 Å². The lowest BCUT2D eigenvalue weighted by Crippen LogP contribution is -2.49. The monoisotopic (exact) mass is 431 g/mol. The summed E-state index contributed by atoms with van der Waals surface area (Å²) in [6.07, 6.45) is 0.555. The van der Waals surface area contributed by atoms with Crippen molar-refractivity contribution in [2.45, 2.75) is 23.3 Å². The Hall–Kier alpha value is -2.07. The Bertz CT molecular complexity index is 972. The molecular formula is C18H20ClF2N3O3S. The minimum Gasteiger partial charge on any atom is -0.366 e. The van der Waals surface area contributed by atoms with Gasteiger partial charge in [-0.1, -0.05) is 12.1 Å². The third-order valence-electron chi connectivity index (χ3n) is 4.59. The molecule has 0 aliphatic carbocycles. The number of amides is 1. The van der Waals surface area contributed by atoms with Crippen molar-refractivity contribution in [1.29, 1.82) is 0 Å². The van der Waals surface area contributed by atoms with E-state index in [2.05, 4.69) is 10.0 Å². The number of carbonyl (C=O) groups is 1. The Balaban J connectivity index is 0.00000280. The summed E-state index contributed by atoms with van der Waals surface area (Å²) in [5.41, 5.74) is 5.81. The molecule has 2 aromatic carbocycles. The molecule has 0 radical (unpaired) electrons. The molecule has 2 aromatic rings. The van der Waals surface area contributed by atoms with Gasteiger partial charge in [0.05, 0.1) is 4.90 Å². The van der Waals surface area contributed by atoms with E-state index in [0.717, 1.165) is 12.1 Å². The molecular weight excluding hydrogens is 412 g/mol. The summed E-state index contributed by atoms with van der Waals surface area (Å²) >= 11 is 0. The van der Waals surface area contributed by atoms with Gasteiger partial charge in [0.25, 0.3) is 0 Å². The van der Waals surface area contributed by atoms with E-state index in [4.69, 9.17) is 5.73 Å². The maximum atomic E-state index is 13.6. The zero-order valence-electron chi connectivity index (χ0n) is 14.7. The SMILES string of the molecule is Cl.NC(=O)c1cccc(S(=O)(=O)NC2CNCCC2c2ccc(F)c(F)c2)c1. The number of hydrogen-bond acceptors (Lipinski definition) is 4. The van der Waals surface area contributed by atoms with Crippen molar-refractivity contribution in [3.05, 3.63) is 65.2 Å². The molecule has 152 valence electrons. The zero-order chi connectivity index (χ0) is 19.6. The average Bonchev–Trinajstić information content (AvgIpc) is 2.64. The molecule has 3 rings (SSSR count). The summed E-state index contributed by atoms with van der Waals surface area (Å²) in [5, 5.41) is 3.10. The fourth-order valence-corrected chi connectivity index (χ4v) is 4.53. The Morgan fingerprint density at radius 3 is 2.57 bits per heavy atom. The first kappa shape index (κ1) is 22.2. The van der Waals surface area contributed by atoms with Crippen LogP contribution in [-0.2, 0) is 10.0 Å². The van der Waals surface area contributed by atoms with Crippen molar-refractivity contribution in [2.75, 3.05) is 13.1 Å². The molecule has 0 aromatic heterocycles. The fraction of sp³-hybridized carbons (Fsp3) is 0.278. The number of carbonyl (C=O) groups excluding carboxylic acids is 1. The molecule has 28 heavy (non-hydrogen) atoms. The smallest absolute Gasteiger partial charge is 0.248 e. The predicted octanol–water partition coefficient (Wildman–Crippen LogP) is 1.91. The van der Waals surface area contributed by atoms with Gasteiger partial charge in [-0.15, -0.1) is 12.4 Å². The van der Waals surface area contributed by atoms with E-state index in [1.807, 2.05) is 0 Å². The first-order chi connectivity index (χ1) is 12.8. The van der Waals surface area contributed by atoms with Crippen molar-refractivity contribution in [3.63, 3.8) is 0 Å². The maximum absolute atomic E-state index is 13.6. The molecule has 2 unspecified atom stereocenters. The van der Waals surface area contributed by atoms with Crippen LogP contribution in [0.3, 0.4) is 0 Å². The van der Waals surface area contributed by atoms with Crippen LogP contribution < -0.4 is 15.8 Å². The van der Waals surface area contributed by atoms with E-state index < -0.39 is 33.6 Å². The second-order valence-electron chi connectivity index (χ2n) is 6.39. The number of sulfonamides is 1. The first-order valence-corrected chi connectivity index (χ1v) is 9.84. The molecule has 1 aliphatic heterocycles. The highest BCUT2D eigenvalue weighted by Gasteiger charge is 2.31. The Kier molecular flexibility index (Phi) is 7.11. The predicted molar refractivity (Wildman–Crippen MR) is 103 cm³/mol. The molecule has 0 bridgehead atoms. The molecule has 4 N–H and O–H groups in total.